The zero-order valence-electron chi connectivity index (χ0n) is 13.6. The first-order chi connectivity index (χ1) is 9.88. The SMILES string of the molecule is Cc1ccc2c(c1)C(O)C(N1CCC(C)CC1)C(C)(C)O2. The first-order valence-corrected chi connectivity index (χ1v) is 8.10. The number of piperidine rings is 1. The van der Waals surface area contributed by atoms with Crippen molar-refractivity contribution in [2.24, 2.45) is 5.92 Å². The fourth-order valence-corrected chi connectivity index (χ4v) is 3.83. The van der Waals surface area contributed by atoms with Crippen molar-refractivity contribution < 1.29 is 9.84 Å². The third kappa shape index (κ3) is 2.69. The summed E-state index contributed by atoms with van der Waals surface area (Å²) < 4.78 is 6.24. The number of nitrogens with zero attached hydrogens (tertiary/aromatic N) is 1. The van der Waals surface area contributed by atoms with Gasteiger partial charge in [0.15, 0.2) is 0 Å². The van der Waals surface area contributed by atoms with Gasteiger partial charge in [-0.15, -0.1) is 0 Å². The van der Waals surface area contributed by atoms with E-state index in [0.29, 0.717) is 0 Å². The Bertz CT molecular complexity index is 518. The smallest absolute Gasteiger partial charge is 0.126 e. The minimum atomic E-state index is -0.475. The number of fused-ring (bicyclic) bond motifs is 1. The van der Waals surface area contributed by atoms with Crippen LogP contribution in [0.2, 0.25) is 0 Å². The molecular weight excluding hydrogens is 262 g/mol. The largest absolute Gasteiger partial charge is 0.486 e. The van der Waals surface area contributed by atoms with Gasteiger partial charge in [0, 0.05) is 5.56 Å². The van der Waals surface area contributed by atoms with Gasteiger partial charge in [-0.2, -0.15) is 0 Å². The van der Waals surface area contributed by atoms with Crippen molar-refractivity contribution in [2.45, 2.75) is 58.3 Å². The molecule has 0 aliphatic carbocycles. The fourth-order valence-electron chi connectivity index (χ4n) is 3.83. The molecule has 0 aromatic heterocycles. The minimum Gasteiger partial charge on any atom is -0.486 e. The number of likely N-dealkylation sites (tertiary alicyclic amines) is 1. The molecule has 2 aliphatic heterocycles. The molecule has 116 valence electrons. The molecule has 1 fully saturated rings. The van der Waals surface area contributed by atoms with Gasteiger partial charge in [-0.3, -0.25) is 4.90 Å². The monoisotopic (exact) mass is 289 g/mol. The first-order valence-electron chi connectivity index (χ1n) is 8.10. The van der Waals surface area contributed by atoms with Gasteiger partial charge in [-0.05, 0) is 64.8 Å². The molecule has 0 saturated carbocycles. The van der Waals surface area contributed by atoms with Gasteiger partial charge in [0.05, 0.1) is 6.04 Å². The second-order valence-corrected chi connectivity index (χ2v) is 7.35. The molecule has 3 heteroatoms. The number of aryl methyl sites for hydroxylation is 1. The Morgan fingerprint density at radius 1 is 1.24 bits per heavy atom. The van der Waals surface area contributed by atoms with Crippen molar-refractivity contribution in [1.29, 1.82) is 0 Å². The summed E-state index contributed by atoms with van der Waals surface area (Å²) in [7, 11) is 0. The molecule has 3 nitrogen and oxygen atoms in total. The molecule has 2 heterocycles. The first kappa shape index (κ1) is 14.9. The van der Waals surface area contributed by atoms with Crippen LogP contribution >= 0.6 is 0 Å². The van der Waals surface area contributed by atoms with Gasteiger partial charge in [0.1, 0.15) is 17.5 Å². The van der Waals surface area contributed by atoms with E-state index < -0.39 is 6.10 Å². The van der Waals surface area contributed by atoms with Crippen LogP contribution < -0.4 is 4.74 Å². The van der Waals surface area contributed by atoms with Crippen LogP contribution in [-0.2, 0) is 0 Å². The maximum atomic E-state index is 11.0. The average molecular weight is 289 g/mol. The third-order valence-electron chi connectivity index (χ3n) is 5.08. The minimum absolute atomic E-state index is 0.0271. The molecule has 2 unspecified atom stereocenters. The van der Waals surface area contributed by atoms with Crippen LogP contribution in [-0.4, -0.2) is 34.7 Å². The number of aliphatic hydroxyl groups is 1. The van der Waals surface area contributed by atoms with Crippen molar-refractivity contribution in [1.82, 2.24) is 4.90 Å². The van der Waals surface area contributed by atoms with Gasteiger partial charge in [-0.25, -0.2) is 0 Å². The number of rotatable bonds is 1. The van der Waals surface area contributed by atoms with Crippen LogP contribution in [0.5, 0.6) is 5.75 Å². The van der Waals surface area contributed by atoms with Crippen LogP contribution in [0.1, 0.15) is 50.8 Å². The Morgan fingerprint density at radius 3 is 2.57 bits per heavy atom. The highest BCUT2D eigenvalue weighted by atomic mass is 16.5. The highest BCUT2D eigenvalue weighted by molar-refractivity contribution is 5.42. The molecule has 3 rings (SSSR count). The van der Waals surface area contributed by atoms with Gasteiger partial charge in [0.2, 0.25) is 0 Å². The topological polar surface area (TPSA) is 32.7 Å². The van der Waals surface area contributed by atoms with Gasteiger partial charge >= 0.3 is 0 Å². The Balaban J connectivity index is 1.93. The van der Waals surface area contributed by atoms with E-state index in [-0.39, 0.29) is 11.6 Å². The lowest BCUT2D eigenvalue weighted by Gasteiger charge is -2.49. The molecule has 21 heavy (non-hydrogen) atoms. The van der Waals surface area contributed by atoms with Gasteiger partial charge < -0.3 is 9.84 Å². The van der Waals surface area contributed by atoms with E-state index in [9.17, 15) is 5.11 Å². The van der Waals surface area contributed by atoms with E-state index in [0.717, 1.165) is 30.3 Å². The van der Waals surface area contributed by atoms with Crippen molar-refractivity contribution in [2.75, 3.05) is 13.1 Å². The second-order valence-electron chi connectivity index (χ2n) is 7.35. The van der Waals surface area contributed by atoms with Crippen LogP contribution in [0.25, 0.3) is 0 Å². The molecule has 0 bridgehead atoms. The van der Waals surface area contributed by atoms with Crippen molar-refractivity contribution in [3.8, 4) is 5.75 Å². The van der Waals surface area contributed by atoms with Crippen LogP contribution in [0.4, 0.5) is 0 Å². The molecule has 2 atom stereocenters. The molecule has 0 radical (unpaired) electrons. The highest BCUT2D eigenvalue weighted by Crippen LogP contribution is 2.43. The lowest BCUT2D eigenvalue weighted by Crippen LogP contribution is -2.59. The summed E-state index contributed by atoms with van der Waals surface area (Å²) >= 11 is 0. The summed E-state index contributed by atoms with van der Waals surface area (Å²) in [5, 5.41) is 11.0. The summed E-state index contributed by atoms with van der Waals surface area (Å²) in [6.45, 7) is 10.7. The van der Waals surface area contributed by atoms with E-state index in [1.54, 1.807) is 0 Å². The Hall–Kier alpha value is -1.06. The molecule has 1 saturated heterocycles. The zero-order chi connectivity index (χ0) is 15.2. The average Bonchev–Trinajstić information content (AvgIpc) is 2.41. The number of aliphatic hydroxyl groups excluding tert-OH is 1. The zero-order valence-corrected chi connectivity index (χ0v) is 13.6. The third-order valence-corrected chi connectivity index (χ3v) is 5.08. The number of hydrogen-bond donors (Lipinski definition) is 1. The second kappa shape index (κ2) is 5.29. The molecule has 2 aliphatic rings. The molecule has 0 spiro atoms. The Labute approximate surface area is 127 Å². The predicted molar refractivity (Wildman–Crippen MR) is 84.6 cm³/mol. The summed E-state index contributed by atoms with van der Waals surface area (Å²) in [6, 6.07) is 6.13. The van der Waals surface area contributed by atoms with Crippen LogP contribution in [0.3, 0.4) is 0 Å². The quantitative estimate of drug-likeness (QED) is 0.861. The van der Waals surface area contributed by atoms with Gasteiger partial charge in [-0.1, -0.05) is 18.6 Å². The highest BCUT2D eigenvalue weighted by Gasteiger charge is 2.46. The number of hydrogen-bond acceptors (Lipinski definition) is 3. The standard InChI is InChI=1S/C18H27NO2/c1-12-7-9-19(10-8-12)17-16(20)14-11-13(2)5-6-15(14)21-18(17,3)4/h5-6,11-12,16-17,20H,7-10H2,1-4H3. The lowest BCUT2D eigenvalue weighted by molar-refractivity contribution is -0.0902. The molecule has 1 aromatic carbocycles. The summed E-state index contributed by atoms with van der Waals surface area (Å²) in [6.07, 6.45) is 1.94. The number of benzene rings is 1. The van der Waals surface area contributed by atoms with Crippen molar-refractivity contribution in [3.63, 3.8) is 0 Å². The maximum Gasteiger partial charge on any atom is 0.126 e. The van der Waals surface area contributed by atoms with E-state index in [2.05, 4.69) is 38.7 Å². The lowest BCUT2D eigenvalue weighted by atomic mass is 9.83. The summed E-state index contributed by atoms with van der Waals surface area (Å²) in [5.41, 5.74) is 1.74. The van der Waals surface area contributed by atoms with Gasteiger partial charge in [0.25, 0.3) is 0 Å². The predicted octanol–water partition coefficient (Wildman–Crippen LogP) is 3.30. The van der Waals surface area contributed by atoms with Crippen molar-refractivity contribution >= 4 is 0 Å². The summed E-state index contributed by atoms with van der Waals surface area (Å²) in [4.78, 5) is 2.43. The van der Waals surface area contributed by atoms with E-state index in [4.69, 9.17) is 4.74 Å². The number of ether oxygens (including phenoxy) is 1. The van der Waals surface area contributed by atoms with Crippen molar-refractivity contribution in [3.05, 3.63) is 29.3 Å². The van der Waals surface area contributed by atoms with E-state index in [1.807, 2.05) is 12.1 Å². The van der Waals surface area contributed by atoms with E-state index >= 15 is 0 Å². The van der Waals surface area contributed by atoms with Crippen LogP contribution in [0.15, 0.2) is 18.2 Å². The normalized spacial score (nSPS) is 29.8. The molecule has 0 amide bonds. The van der Waals surface area contributed by atoms with E-state index in [1.165, 1.54) is 18.4 Å². The Morgan fingerprint density at radius 2 is 1.90 bits per heavy atom. The van der Waals surface area contributed by atoms with Crippen LogP contribution in [0, 0.1) is 12.8 Å². The molecule has 1 aromatic rings. The maximum absolute atomic E-state index is 11.0. The summed E-state index contributed by atoms with van der Waals surface area (Å²) in [5.74, 6) is 1.63. The molecular formula is C18H27NO2. The molecule has 1 N–H and O–H groups in total. The Kier molecular flexibility index (Phi) is 3.74. The fraction of sp³-hybridized carbons (Fsp3) is 0.667.